The third kappa shape index (κ3) is 2.85. The average molecular weight is 380 g/mol. The molecule has 1 aromatic rings. The van der Waals surface area contributed by atoms with Crippen LogP contribution in [0.15, 0.2) is 65.6 Å². The Labute approximate surface area is 161 Å². The zero-order chi connectivity index (χ0) is 18.3. The van der Waals surface area contributed by atoms with Crippen molar-refractivity contribution < 1.29 is 9.59 Å². The normalized spacial score (nSPS) is 25.7. The molecule has 6 heteroatoms. The molecular weight excluding hydrogens is 364 g/mol. The highest BCUT2D eigenvalue weighted by molar-refractivity contribution is 8.03. The van der Waals surface area contributed by atoms with Gasteiger partial charge in [0.25, 0.3) is 11.8 Å². The number of allylic oxidation sites excluding steroid dienone is 3. The molecule has 1 aliphatic carbocycles. The van der Waals surface area contributed by atoms with Crippen LogP contribution < -0.4 is 5.32 Å². The molecule has 3 aliphatic rings. The van der Waals surface area contributed by atoms with E-state index in [0.29, 0.717) is 0 Å². The van der Waals surface area contributed by atoms with Crippen LogP contribution in [0.25, 0.3) is 6.08 Å². The lowest BCUT2D eigenvalue weighted by atomic mass is 9.89. The molecule has 2 heterocycles. The predicted octanol–water partition coefficient (Wildman–Crippen LogP) is 3.36. The number of nitrogens with one attached hydrogen (secondary N) is 1. The summed E-state index contributed by atoms with van der Waals surface area (Å²) in [6, 6.07) is 8.31. The van der Waals surface area contributed by atoms with Crippen LogP contribution in [0.3, 0.4) is 0 Å². The van der Waals surface area contributed by atoms with Crippen molar-refractivity contribution in [3.8, 4) is 0 Å². The number of thioether (sulfide) groups is 1. The Balaban J connectivity index is 1.62. The first-order valence-corrected chi connectivity index (χ1v) is 9.52. The van der Waals surface area contributed by atoms with Crippen LogP contribution in [0.1, 0.15) is 16.4 Å². The molecule has 0 bridgehead atoms. The summed E-state index contributed by atoms with van der Waals surface area (Å²) >= 11 is 6.76. The molecule has 2 aliphatic heterocycles. The zero-order valence-electron chi connectivity index (χ0n) is 13.8. The topological polar surface area (TPSA) is 49.4 Å². The number of carbonyl (C=O) groups is 2. The number of nitrogens with zero attached hydrogens (tertiary/aromatic N) is 1. The van der Waals surface area contributed by atoms with E-state index in [2.05, 4.69) is 42.3 Å². The third-order valence-corrected chi connectivity index (χ3v) is 6.22. The van der Waals surface area contributed by atoms with E-state index in [0.717, 1.165) is 4.91 Å². The van der Waals surface area contributed by atoms with E-state index >= 15 is 0 Å². The molecule has 0 saturated carbocycles. The molecule has 1 fully saturated rings. The summed E-state index contributed by atoms with van der Waals surface area (Å²) in [5, 5.41) is 2.97. The summed E-state index contributed by atoms with van der Waals surface area (Å²) in [6.07, 6.45) is 9.67. The number of fused-ring (bicyclic) bond motifs is 3. The summed E-state index contributed by atoms with van der Waals surface area (Å²) in [5.41, 5.74) is 2.61. The molecule has 0 radical (unpaired) electrons. The number of amides is 2. The van der Waals surface area contributed by atoms with Gasteiger partial charge in [-0.2, -0.15) is 0 Å². The lowest BCUT2D eigenvalue weighted by molar-refractivity contribution is -0.128. The smallest absolute Gasteiger partial charge is 0.265 e. The maximum absolute atomic E-state index is 12.6. The van der Waals surface area contributed by atoms with E-state index in [4.69, 9.17) is 12.2 Å². The second-order valence-electron chi connectivity index (χ2n) is 6.19. The number of rotatable bonds is 3. The fraction of sp³-hybridized carbons (Fsp3) is 0.150. The number of hydrogen-bond donors (Lipinski definition) is 1. The highest BCUT2D eigenvalue weighted by Gasteiger charge is 2.35. The van der Waals surface area contributed by atoms with Gasteiger partial charge in [-0.05, 0) is 29.4 Å². The molecule has 0 spiro atoms. The molecule has 1 aromatic carbocycles. The van der Waals surface area contributed by atoms with Crippen LogP contribution in [0, 0.1) is 5.92 Å². The highest BCUT2D eigenvalue weighted by Crippen LogP contribution is 2.51. The summed E-state index contributed by atoms with van der Waals surface area (Å²) in [4.78, 5) is 27.2. The maximum atomic E-state index is 12.6. The summed E-state index contributed by atoms with van der Waals surface area (Å²) in [7, 11) is 0. The number of thiocarbonyl (C=S) groups is 1. The van der Waals surface area contributed by atoms with Crippen LogP contribution in [0.4, 0.5) is 0 Å². The first-order chi connectivity index (χ1) is 12.6. The summed E-state index contributed by atoms with van der Waals surface area (Å²) in [6.45, 7) is 3.90. The molecule has 0 aromatic heterocycles. The van der Waals surface area contributed by atoms with E-state index < -0.39 is 5.91 Å². The quantitative estimate of drug-likeness (QED) is 0.378. The molecule has 4 rings (SSSR count). The van der Waals surface area contributed by atoms with Gasteiger partial charge in [0, 0.05) is 22.6 Å². The molecule has 2 unspecified atom stereocenters. The molecule has 1 N–H and O–H groups in total. The number of carbonyl (C=O) groups excluding carboxylic acids is 2. The largest absolute Gasteiger partial charge is 0.298 e. The van der Waals surface area contributed by atoms with Gasteiger partial charge in [-0.25, -0.2) is 0 Å². The van der Waals surface area contributed by atoms with Crippen molar-refractivity contribution >= 4 is 47.0 Å². The van der Waals surface area contributed by atoms with Gasteiger partial charge >= 0.3 is 0 Å². The van der Waals surface area contributed by atoms with Gasteiger partial charge in [-0.3, -0.25) is 19.8 Å². The molecule has 26 heavy (non-hydrogen) atoms. The van der Waals surface area contributed by atoms with E-state index in [1.165, 1.54) is 16.0 Å². The van der Waals surface area contributed by atoms with E-state index in [9.17, 15) is 9.59 Å². The second kappa shape index (κ2) is 6.70. The fourth-order valence-electron chi connectivity index (χ4n) is 3.32. The van der Waals surface area contributed by atoms with Crippen molar-refractivity contribution in [1.29, 1.82) is 0 Å². The van der Waals surface area contributed by atoms with Crippen molar-refractivity contribution in [2.24, 2.45) is 5.92 Å². The second-order valence-corrected chi connectivity index (χ2v) is 7.80. The Bertz CT molecular complexity index is 929. The monoisotopic (exact) mass is 380 g/mol. The Kier molecular flexibility index (Phi) is 4.38. The van der Waals surface area contributed by atoms with Gasteiger partial charge in [0.1, 0.15) is 5.57 Å². The minimum Gasteiger partial charge on any atom is -0.298 e. The Hall–Kier alpha value is -2.44. The van der Waals surface area contributed by atoms with E-state index in [1.807, 2.05) is 12.1 Å². The molecule has 1 saturated heterocycles. The lowest BCUT2D eigenvalue weighted by Crippen LogP contribution is -2.53. The van der Waals surface area contributed by atoms with Gasteiger partial charge in [0.2, 0.25) is 0 Å². The van der Waals surface area contributed by atoms with Crippen LogP contribution in [0.5, 0.6) is 0 Å². The van der Waals surface area contributed by atoms with Gasteiger partial charge in [0.05, 0.1) is 0 Å². The summed E-state index contributed by atoms with van der Waals surface area (Å²) in [5.74, 6) is -0.576. The van der Waals surface area contributed by atoms with Crippen molar-refractivity contribution in [1.82, 2.24) is 10.2 Å². The molecule has 2 atom stereocenters. The van der Waals surface area contributed by atoms with Crippen LogP contribution in [0.2, 0.25) is 0 Å². The van der Waals surface area contributed by atoms with Crippen molar-refractivity contribution in [2.75, 3.05) is 6.54 Å². The third-order valence-electron chi connectivity index (χ3n) is 4.55. The van der Waals surface area contributed by atoms with Crippen LogP contribution >= 0.6 is 24.0 Å². The average Bonchev–Trinajstić information content (AvgIpc) is 3.05. The van der Waals surface area contributed by atoms with Crippen LogP contribution in [-0.2, 0) is 9.59 Å². The minimum atomic E-state index is -0.451. The molecular formula is C20H16N2O2S2. The first-order valence-electron chi connectivity index (χ1n) is 8.24. The van der Waals surface area contributed by atoms with Gasteiger partial charge < -0.3 is 0 Å². The van der Waals surface area contributed by atoms with E-state index in [-0.39, 0.29) is 34.3 Å². The van der Waals surface area contributed by atoms with Crippen molar-refractivity contribution in [2.45, 2.75) is 5.25 Å². The molecule has 4 nitrogen and oxygen atoms in total. The Morgan fingerprint density at radius 2 is 2.12 bits per heavy atom. The summed E-state index contributed by atoms with van der Waals surface area (Å²) < 4.78 is 0. The SMILES string of the molecule is C=CCN1C(=O)C(=CC2=CC3C=Cc4ccccc4C3S2)C(=O)NC1=S. The highest BCUT2D eigenvalue weighted by atomic mass is 32.2. The minimum absolute atomic E-state index is 0.107. The van der Waals surface area contributed by atoms with Crippen molar-refractivity contribution in [3.05, 3.63) is 76.8 Å². The van der Waals surface area contributed by atoms with Gasteiger partial charge in [0.15, 0.2) is 5.11 Å². The van der Waals surface area contributed by atoms with Gasteiger partial charge in [-0.15, -0.1) is 18.3 Å². The number of hydrogen-bond acceptors (Lipinski definition) is 4. The fourth-order valence-corrected chi connectivity index (χ4v) is 4.95. The first kappa shape index (κ1) is 17.0. The standard InChI is InChI=1S/C20H16N2O2S2/c1-2-9-22-19(24)16(18(23)21-20(22)25)11-14-10-13-8-7-12-5-3-4-6-15(12)17(13)26-14/h2-8,10-11,13,17H,1,9H2,(H,21,23,25). The lowest BCUT2D eigenvalue weighted by Gasteiger charge is -2.27. The number of benzene rings is 1. The maximum Gasteiger partial charge on any atom is 0.265 e. The Morgan fingerprint density at radius 3 is 2.92 bits per heavy atom. The zero-order valence-corrected chi connectivity index (χ0v) is 15.5. The molecule has 130 valence electrons. The molecule has 2 amide bonds. The predicted molar refractivity (Wildman–Crippen MR) is 108 cm³/mol. The van der Waals surface area contributed by atoms with Crippen molar-refractivity contribution in [3.63, 3.8) is 0 Å². The van der Waals surface area contributed by atoms with Gasteiger partial charge in [-0.1, -0.05) is 48.6 Å². The van der Waals surface area contributed by atoms with E-state index in [1.54, 1.807) is 23.9 Å². The Morgan fingerprint density at radius 1 is 1.31 bits per heavy atom. The van der Waals surface area contributed by atoms with Crippen LogP contribution in [-0.4, -0.2) is 28.4 Å².